The van der Waals surface area contributed by atoms with Crippen LogP contribution in [0.3, 0.4) is 0 Å². The molecule has 33 heavy (non-hydrogen) atoms. The van der Waals surface area contributed by atoms with Gasteiger partial charge in [0.1, 0.15) is 18.1 Å². The summed E-state index contributed by atoms with van der Waals surface area (Å²) in [7, 11) is 0. The lowest BCUT2D eigenvalue weighted by Gasteiger charge is -2.28. The van der Waals surface area contributed by atoms with Gasteiger partial charge in [-0.1, -0.05) is 64.4 Å². The smallest absolute Gasteiger partial charge is 0.326 e. The second kappa shape index (κ2) is 13.5. The van der Waals surface area contributed by atoms with Crippen LogP contribution < -0.4 is 21.7 Å². The SMILES string of the molecule is CC[C@H](C)[C@H](NC(=O)[C@H](CO)NC(=O)[C@@H](N)C(C)C)C(=O)N[C@@H](Cc1ccccc1)C(=O)O. The van der Waals surface area contributed by atoms with Crippen molar-refractivity contribution in [3.8, 4) is 0 Å². The highest BCUT2D eigenvalue weighted by Gasteiger charge is 2.32. The summed E-state index contributed by atoms with van der Waals surface area (Å²) in [4.78, 5) is 49.6. The third-order valence-electron chi connectivity index (χ3n) is 5.53. The van der Waals surface area contributed by atoms with Crippen LogP contribution >= 0.6 is 0 Å². The van der Waals surface area contributed by atoms with Crippen LogP contribution in [-0.2, 0) is 25.6 Å². The predicted molar refractivity (Wildman–Crippen MR) is 123 cm³/mol. The summed E-state index contributed by atoms with van der Waals surface area (Å²) >= 11 is 0. The molecule has 0 heterocycles. The number of nitrogens with two attached hydrogens (primary N) is 1. The second-order valence-corrected chi connectivity index (χ2v) is 8.47. The van der Waals surface area contributed by atoms with Gasteiger partial charge in [-0.3, -0.25) is 14.4 Å². The molecule has 10 heteroatoms. The zero-order valence-corrected chi connectivity index (χ0v) is 19.6. The van der Waals surface area contributed by atoms with Gasteiger partial charge in [-0.05, 0) is 17.4 Å². The van der Waals surface area contributed by atoms with Crippen molar-refractivity contribution < 1.29 is 29.4 Å². The molecule has 0 radical (unpaired) electrons. The number of aliphatic hydroxyl groups is 1. The van der Waals surface area contributed by atoms with Gasteiger partial charge in [0.2, 0.25) is 17.7 Å². The lowest BCUT2D eigenvalue weighted by molar-refractivity contribution is -0.142. The first-order chi connectivity index (χ1) is 15.5. The monoisotopic (exact) mass is 464 g/mol. The largest absolute Gasteiger partial charge is 0.480 e. The van der Waals surface area contributed by atoms with Gasteiger partial charge in [0.15, 0.2) is 0 Å². The van der Waals surface area contributed by atoms with Crippen LogP contribution in [0.5, 0.6) is 0 Å². The Bertz CT molecular complexity index is 801. The molecule has 0 saturated carbocycles. The van der Waals surface area contributed by atoms with Crippen LogP contribution in [0.15, 0.2) is 30.3 Å². The van der Waals surface area contributed by atoms with Gasteiger partial charge in [-0.2, -0.15) is 0 Å². The maximum absolute atomic E-state index is 13.0. The van der Waals surface area contributed by atoms with Crippen LogP contribution in [0.2, 0.25) is 0 Å². The highest BCUT2D eigenvalue weighted by Crippen LogP contribution is 2.10. The molecule has 0 saturated heterocycles. The van der Waals surface area contributed by atoms with Crippen LogP contribution in [0.25, 0.3) is 0 Å². The first-order valence-corrected chi connectivity index (χ1v) is 11.1. The van der Waals surface area contributed by atoms with E-state index in [4.69, 9.17) is 5.73 Å². The third kappa shape index (κ3) is 8.82. The summed E-state index contributed by atoms with van der Waals surface area (Å²) in [5.74, 6) is -3.75. The molecule has 0 aliphatic heterocycles. The molecule has 1 aromatic carbocycles. The standard InChI is InChI=1S/C23H36N4O6/c1-5-14(4)19(27-20(29)17(12-28)26-21(30)18(24)13(2)3)22(31)25-16(23(32)33)11-15-9-7-6-8-10-15/h6-10,13-14,16-19,28H,5,11-12,24H2,1-4H3,(H,25,31)(H,26,30)(H,27,29)(H,32,33)/t14-,16-,17-,18-,19-/m0/s1. The fraction of sp³-hybridized carbons (Fsp3) is 0.565. The number of carbonyl (C=O) groups excluding carboxylic acids is 3. The minimum atomic E-state index is -1.30. The van der Waals surface area contributed by atoms with Crippen molar-refractivity contribution >= 4 is 23.7 Å². The van der Waals surface area contributed by atoms with E-state index in [0.29, 0.717) is 6.42 Å². The summed E-state index contributed by atoms with van der Waals surface area (Å²) in [5, 5.41) is 26.6. The minimum Gasteiger partial charge on any atom is -0.480 e. The second-order valence-electron chi connectivity index (χ2n) is 8.47. The third-order valence-corrected chi connectivity index (χ3v) is 5.53. The normalized spacial score (nSPS) is 15.6. The van der Waals surface area contributed by atoms with Gasteiger partial charge >= 0.3 is 5.97 Å². The molecule has 10 nitrogen and oxygen atoms in total. The van der Waals surface area contributed by atoms with Crippen LogP contribution in [0, 0.1) is 11.8 Å². The fourth-order valence-corrected chi connectivity index (χ4v) is 3.03. The molecule has 0 aliphatic carbocycles. The zero-order chi connectivity index (χ0) is 25.1. The number of hydrogen-bond acceptors (Lipinski definition) is 6. The number of hydrogen-bond donors (Lipinski definition) is 6. The number of amides is 3. The van der Waals surface area contributed by atoms with Gasteiger partial charge < -0.3 is 31.9 Å². The molecule has 5 atom stereocenters. The van der Waals surface area contributed by atoms with E-state index >= 15 is 0 Å². The van der Waals surface area contributed by atoms with Crippen LogP contribution in [0.4, 0.5) is 0 Å². The van der Waals surface area contributed by atoms with Gasteiger partial charge in [0, 0.05) is 6.42 Å². The van der Waals surface area contributed by atoms with Crippen molar-refractivity contribution in [2.75, 3.05) is 6.61 Å². The summed E-state index contributed by atoms with van der Waals surface area (Å²) in [6.45, 7) is 6.36. The molecule has 184 valence electrons. The van der Waals surface area contributed by atoms with E-state index in [2.05, 4.69) is 16.0 Å². The predicted octanol–water partition coefficient (Wildman–Crippen LogP) is -0.210. The average molecular weight is 465 g/mol. The van der Waals surface area contributed by atoms with Crippen LogP contribution in [0.1, 0.15) is 39.7 Å². The highest BCUT2D eigenvalue weighted by atomic mass is 16.4. The Morgan fingerprint density at radius 2 is 1.48 bits per heavy atom. The molecule has 0 aliphatic rings. The van der Waals surface area contributed by atoms with Crippen molar-refractivity contribution in [3.63, 3.8) is 0 Å². The lowest BCUT2D eigenvalue weighted by atomic mass is 9.97. The Morgan fingerprint density at radius 3 is 1.97 bits per heavy atom. The molecule has 0 unspecified atom stereocenters. The van der Waals surface area contributed by atoms with E-state index in [1.807, 2.05) is 6.92 Å². The van der Waals surface area contributed by atoms with E-state index in [9.17, 15) is 29.4 Å². The molecule has 1 aromatic rings. The summed E-state index contributed by atoms with van der Waals surface area (Å²) in [6, 6.07) is 4.43. The van der Waals surface area contributed by atoms with Crippen molar-refractivity contribution in [1.29, 1.82) is 0 Å². The van der Waals surface area contributed by atoms with Crippen LogP contribution in [-0.4, -0.2) is 64.7 Å². The zero-order valence-electron chi connectivity index (χ0n) is 19.6. The molecule has 0 spiro atoms. The minimum absolute atomic E-state index is 0.0749. The molecule has 0 bridgehead atoms. The van der Waals surface area contributed by atoms with E-state index in [0.717, 1.165) is 5.56 Å². The van der Waals surface area contributed by atoms with Crippen molar-refractivity contribution in [2.45, 2.75) is 64.7 Å². The fourth-order valence-electron chi connectivity index (χ4n) is 3.03. The van der Waals surface area contributed by atoms with E-state index in [1.165, 1.54) is 0 Å². The number of benzene rings is 1. The Labute approximate surface area is 194 Å². The van der Waals surface area contributed by atoms with E-state index in [1.54, 1.807) is 51.1 Å². The topological polar surface area (TPSA) is 171 Å². The number of nitrogens with one attached hydrogen (secondary N) is 3. The first-order valence-electron chi connectivity index (χ1n) is 11.1. The van der Waals surface area contributed by atoms with Gasteiger partial charge in [-0.25, -0.2) is 4.79 Å². The number of carboxylic acid groups (broad SMARTS) is 1. The van der Waals surface area contributed by atoms with Crippen molar-refractivity contribution in [3.05, 3.63) is 35.9 Å². The van der Waals surface area contributed by atoms with Crippen molar-refractivity contribution in [2.24, 2.45) is 17.6 Å². The Hall–Kier alpha value is -2.98. The Morgan fingerprint density at radius 1 is 0.909 bits per heavy atom. The lowest BCUT2D eigenvalue weighted by Crippen LogP contribution is -2.60. The summed E-state index contributed by atoms with van der Waals surface area (Å²) in [6.07, 6.45) is 0.592. The number of rotatable bonds is 13. The van der Waals surface area contributed by atoms with Gasteiger partial charge in [-0.15, -0.1) is 0 Å². The molecule has 1 rings (SSSR count). The molecule has 3 amide bonds. The van der Waals surface area contributed by atoms with Gasteiger partial charge in [0.25, 0.3) is 0 Å². The first kappa shape index (κ1) is 28.1. The van der Waals surface area contributed by atoms with E-state index in [-0.39, 0.29) is 18.3 Å². The molecule has 0 aromatic heterocycles. The number of carboxylic acids is 1. The maximum atomic E-state index is 13.0. The average Bonchev–Trinajstić information content (AvgIpc) is 2.79. The summed E-state index contributed by atoms with van der Waals surface area (Å²) in [5.41, 5.74) is 6.52. The van der Waals surface area contributed by atoms with Crippen molar-refractivity contribution in [1.82, 2.24) is 16.0 Å². The quantitative estimate of drug-likeness (QED) is 0.234. The number of carbonyl (C=O) groups is 4. The number of aliphatic hydroxyl groups excluding tert-OH is 1. The van der Waals surface area contributed by atoms with Gasteiger partial charge in [0.05, 0.1) is 12.6 Å². The number of aliphatic carboxylic acids is 1. The van der Waals surface area contributed by atoms with E-state index < -0.39 is 54.5 Å². The maximum Gasteiger partial charge on any atom is 0.326 e. The molecule has 7 N–H and O–H groups in total. The summed E-state index contributed by atoms with van der Waals surface area (Å²) < 4.78 is 0. The molecule has 0 fully saturated rings. The Balaban J connectivity index is 2.94. The molecular weight excluding hydrogens is 428 g/mol. The molecular formula is C23H36N4O6. The Kier molecular flexibility index (Phi) is 11.5. The highest BCUT2D eigenvalue weighted by molar-refractivity contribution is 5.94.